The summed E-state index contributed by atoms with van der Waals surface area (Å²) in [5, 5.41) is 3.61. The van der Waals surface area contributed by atoms with Crippen LogP contribution in [0.25, 0.3) is 10.9 Å². The van der Waals surface area contributed by atoms with Crippen molar-refractivity contribution in [3.8, 4) is 0 Å². The van der Waals surface area contributed by atoms with Crippen LogP contribution in [-0.4, -0.2) is 29.5 Å². The predicted molar refractivity (Wildman–Crippen MR) is 96.6 cm³/mol. The van der Waals surface area contributed by atoms with Gasteiger partial charge in [-0.15, -0.1) is 0 Å². The summed E-state index contributed by atoms with van der Waals surface area (Å²) in [7, 11) is 0. The third kappa shape index (κ3) is 3.81. The molecule has 25 heavy (non-hydrogen) atoms. The molecule has 1 aromatic carbocycles. The second kappa shape index (κ2) is 7.64. The highest BCUT2D eigenvalue weighted by molar-refractivity contribution is 6.05. The molecule has 5 nitrogen and oxygen atoms in total. The molecule has 0 bridgehead atoms. The number of carbonyl (C=O) groups excluding carboxylic acids is 2. The predicted octanol–water partition coefficient (Wildman–Crippen LogP) is 3.19. The highest BCUT2D eigenvalue weighted by Gasteiger charge is 2.24. The molecule has 1 heterocycles. The van der Waals surface area contributed by atoms with Crippen LogP contribution in [0.2, 0.25) is 0 Å². The van der Waals surface area contributed by atoms with Gasteiger partial charge in [0.2, 0.25) is 0 Å². The van der Waals surface area contributed by atoms with E-state index in [4.69, 9.17) is 9.72 Å². The fourth-order valence-corrected chi connectivity index (χ4v) is 3.23. The first-order valence-electron chi connectivity index (χ1n) is 8.97. The molecule has 0 radical (unpaired) electrons. The second-order valence-electron chi connectivity index (χ2n) is 6.59. The monoisotopic (exact) mass is 340 g/mol. The molecule has 0 unspecified atom stereocenters. The van der Waals surface area contributed by atoms with Crippen LogP contribution >= 0.6 is 0 Å². The van der Waals surface area contributed by atoms with E-state index < -0.39 is 5.97 Å². The summed E-state index contributed by atoms with van der Waals surface area (Å²) in [5.41, 5.74) is 3.36. The van der Waals surface area contributed by atoms with E-state index in [0.717, 1.165) is 54.3 Å². The lowest BCUT2D eigenvalue weighted by molar-refractivity contribution is -0.124. The number of para-hydroxylation sites is 1. The minimum atomic E-state index is -0.434. The number of aromatic nitrogens is 1. The van der Waals surface area contributed by atoms with Gasteiger partial charge in [-0.05, 0) is 50.7 Å². The van der Waals surface area contributed by atoms with Crippen LogP contribution in [-0.2, 0) is 22.4 Å². The molecule has 0 saturated carbocycles. The van der Waals surface area contributed by atoms with E-state index in [1.54, 1.807) is 0 Å². The van der Waals surface area contributed by atoms with E-state index in [2.05, 4.69) is 5.32 Å². The fraction of sp³-hybridized carbons (Fsp3) is 0.450. The molecule has 3 rings (SSSR count). The number of amides is 1. The van der Waals surface area contributed by atoms with Crippen molar-refractivity contribution < 1.29 is 14.3 Å². The number of pyridine rings is 1. The van der Waals surface area contributed by atoms with E-state index in [-0.39, 0.29) is 18.6 Å². The Morgan fingerprint density at radius 1 is 1.24 bits per heavy atom. The topological polar surface area (TPSA) is 68.3 Å². The maximum absolute atomic E-state index is 12.8. The van der Waals surface area contributed by atoms with Crippen LogP contribution in [0.4, 0.5) is 0 Å². The zero-order chi connectivity index (χ0) is 17.8. The number of hydrogen-bond donors (Lipinski definition) is 1. The van der Waals surface area contributed by atoms with Crippen molar-refractivity contribution in [3.63, 3.8) is 0 Å². The number of rotatable bonds is 5. The summed E-state index contributed by atoms with van der Waals surface area (Å²) in [5.74, 6) is -0.703. The van der Waals surface area contributed by atoms with Crippen molar-refractivity contribution in [1.29, 1.82) is 0 Å². The van der Waals surface area contributed by atoms with Gasteiger partial charge in [0, 0.05) is 17.1 Å². The molecule has 1 aliphatic carbocycles. The maximum Gasteiger partial charge on any atom is 0.339 e. The molecule has 2 aromatic rings. The Balaban J connectivity index is 1.86. The zero-order valence-corrected chi connectivity index (χ0v) is 14.8. The largest absolute Gasteiger partial charge is 0.452 e. The standard InChI is InChI=1S/C20H24N2O3/c1-3-13(2)21-18(23)12-25-20(24)19-14-8-4-6-10-16(14)22-17-11-7-5-9-15(17)19/h4,6,8,10,13H,3,5,7,9,11-12H2,1-2H3,(H,21,23)/t13-/m0/s1. The van der Waals surface area contributed by atoms with Gasteiger partial charge in [0.15, 0.2) is 6.61 Å². The summed E-state index contributed by atoms with van der Waals surface area (Å²) >= 11 is 0. The number of benzene rings is 1. The molecule has 1 N–H and O–H groups in total. The number of ether oxygens (including phenoxy) is 1. The minimum absolute atomic E-state index is 0.0701. The van der Waals surface area contributed by atoms with E-state index in [1.165, 1.54) is 0 Å². The average Bonchev–Trinajstić information content (AvgIpc) is 2.64. The number of aryl methyl sites for hydroxylation is 1. The Morgan fingerprint density at radius 3 is 2.80 bits per heavy atom. The van der Waals surface area contributed by atoms with Crippen molar-refractivity contribution in [3.05, 3.63) is 41.1 Å². The third-order valence-corrected chi connectivity index (χ3v) is 4.73. The fourth-order valence-electron chi connectivity index (χ4n) is 3.23. The van der Waals surface area contributed by atoms with Gasteiger partial charge in [0.05, 0.1) is 11.1 Å². The number of nitrogens with one attached hydrogen (secondary N) is 1. The molecule has 0 spiro atoms. The van der Waals surface area contributed by atoms with Gasteiger partial charge in [-0.2, -0.15) is 0 Å². The Hall–Kier alpha value is -2.43. The smallest absolute Gasteiger partial charge is 0.339 e. The van der Waals surface area contributed by atoms with Crippen LogP contribution < -0.4 is 5.32 Å². The summed E-state index contributed by atoms with van der Waals surface area (Å²) < 4.78 is 5.33. The van der Waals surface area contributed by atoms with Gasteiger partial charge in [-0.3, -0.25) is 9.78 Å². The van der Waals surface area contributed by atoms with Crippen molar-refractivity contribution in [2.24, 2.45) is 0 Å². The molecule has 1 atom stereocenters. The molecule has 0 fully saturated rings. The van der Waals surface area contributed by atoms with E-state index in [9.17, 15) is 9.59 Å². The van der Waals surface area contributed by atoms with Crippen LogP contribution in [0.5, 0.6) is 0 Å². The lowest BCUT2D eigenvalue weighted by Crippen LogP contribution is -2.35. The molecule has 1 aromatic heterocycles. The Labute approximate surface area is 147 Å². The van der Waals surface area contributed by atoms with Gasteiger partial charge in [-0.1, -0.05) is 25.1 Å². The van der Waals surface area contributed by atoms with Crippen LogP contribution in [0.3, 0.4) is 0 Å². The Kier molecular flexibility index (Phi) is 5.31. The molecule has 0 saturated heterocycles. The number of esters is 1. The molecular weight excluding hydrogens is 316 g/mol. The maximum atomic E-state index is 12.8. The van der Waals surface area contributed by atoms with Gasteiger partial charge in [0.25, 0.3) is 5.91 Å². The molecular formula is C20H24N2O3. The van der Waals surface area contributed by atoms with Gasteiger partial charge >= 0.3 is 5.97 Å². The average molecular weight is 340 g/mol. The molecule has 1 aliphatic rings. The molecule has 132 valence electrons. The van der Waals surface area contributed by atoms with E-state index in [0.29, 0.717) is 5.56 Å². The van der Waals surface area contributed by atoms with Gasteiger partial charge in [0.1, 0.15) is 0 Å². The van der Waals surface area contributed by atoms with Crippen molar-refractivity contribution >= 4 is 22.8 Å². The normalized spacial score (nSPS) is 14.6. The Bertz CT molecular complexity index is 801. The SMILES string of the molecule is CC[C@H](C)NC(=O)COC(=O)c1c2c(nc3ccccc13)CCCC2. The van der Waals surface area contributed by atoms with Crippen molar-refractivity contribution in [1.82, 2.24) is 10.3 Å². The Morgan fingerprint density at radius 2 is 2.00 bits per heavy atom. The van der Waals surface area contributed by atoms with Crippen LogP contribution in [0, 0.1) is 0 Å². The highest BCUT2D eigenvalue weighted by atomic mass is 16.5. The van der Waals surface area contributed by atoms with Crippen molar-refractivity contribution in [2.45, 2.75) is 52.0 Å². The first-order valence-corrected chi connectivity index (χ1v) is 8.97. The lowest BCUT2D eigenvalue weighted by atomic mass is 9.90. The number of fused-ring (bicyclic) bond motifs is 2. The summed E-state index contributed by atoms with van der Waals surface area (Å²) in [6, 6.07) is 7.69. The second-order valence-corrected chi connectivity index (χ2v) is 6.59. The summed E-state index contributed by atoms with van der Waals surface area (Å²) in [6.45, 7) is 3.66. The van der Waals surface area contributed by atoms with Crippen LogP contribution in [0.1, 0.15) is 54.7 Å². The lowest BCUT2D eigenvalue weighted by Gasteiger charge is -2.20. The molecule has 5 heteroatoms. The van der Waals surface area contributed by atoms with E-state index >= 15 is 0 Å². The molecule has 0 aliphatic heterocycles. The number of nitrogens with zero attached hydrogens (tertiary/aromatic N) is 1. The first kappa shape index (κ1) is 17.4. The summed E-state index contributed by atoms with van der Waals surface area (Å²) in [4.78, 5) is 29.4. The van der Waals surface area contributed by atoms with Gasteiger partial charge in [-0.25, -0.2) is 4.79 Å². The number of hydrogen-bond acceptors (Lipinski definition) is 4. The van der Waals surface area contributed by atoms with Gasteiger partial charge < -0.3 is 10.1 Å². The highest BCUT2D eigenvalue weighted by Crippen LogP contribution is 2.29. The molecule has 1 amide bonds. The zero-order valence-electron chi connectivity index (χ0n) is 14.8. The van der Waals surface area contributed by atoms with Crippen LogP contribution in [0.15, 0.2) is 24.3 Å². The third-order valence-electron chi connectivity index (χ3n) is 4.73. The van der Waals surface area contributed by atoms with Crippen molar-refractivity contribution in [2.75, 3.05) is 6.61 Å². The van der Waals surface area contributed by atoms with E-state index in [1.807, 2.05) is 38.1 Å². The quantitative estimate of drug-likeness (QED) is 0.849. The minimum Gasteiger partial charge on any atom is -0.452 e. The number of carbonyl (C=O) groups is 2. The first-order chi connectivity index (χ1) is 12.1. The summed E-state index contributed by atoms with van der Waals surface area (Å²) in [6.07, 6.45) is 4.68.